The van der Waals surface area contributed by atoms with Gasteiger partial charge in [0.25, 0.3) is 0 Å². The van der Waals surface area contributed by atoms with Crippen LogP contribution in [-0.4, -0.2) is 333 Å². The number of thioether (sulfide) groups is 1. The van der Waals surface area contributed by atoms with Crippen molar-refractivity contribution in [1.29, 1.82) is 0 Å². The Morgan fingerprint density at radius 2 is 0.885 bits per heavy atom. The van der Waals surface area contributed by atoms with E-state index >= 15 is 0 Å². The molecule has 10 unspecified atom stereocenters. The number of nitrogens with one attached hydrogen (secondary N) is 4. The minimum Gasteiger partial charge on any atom is -0.396 e. The molecule has 0 aliphatic carbocycles. The van der Waals surface area contributed by atoms with E-state index in [-0.39, 0.29) is 82.4 Å². The van der Waals surface area contributed by atoms with Crippen LogP contribution >= 0.6 is 11.8 Å². The quantitative estimate of drug-likeness (QED) is 0.0215. The molecule has 0 aromatic heterocycles. The third-order valence-electron chi connectivity index (χ3n) is 20.2. The van der Waals surface area contributed by atoms with Crippen molar-refractivity contribution in [3.63, 3.8) is 0 Å². The van der Waals surface area contributed by atoms with Gasteiger partial charge in [0, 0.05) is 161 Å². The lowest BCUT2D eigenvalue weighted by Gasteiger charge is -2.53. The fraction of sp³-hybridized carbons (Fsp3) is 0.952. The highest BCUT2D eigenvalue weighted by Crippen LogP contribution is 2.44. The summed E-state index contributed by atoms with van der Waals surface area (Å²) in [6.45, 7) is -2.02. The van der Waals surface area contributed by atoms with Gasteiger partial charge < -0.3 is 143 Å². The van der Waals surface area contributed by atoms with E-state index in [1.165, 1.54) is 49.8 Å². The number of aliphatic hydroxyl groups excluding tert-OH is 9. The predicted octanol–water partition coefficient (Wildman–Crippen LogP) is -2.92. The average Bonchev–Trinajstić information content (AvgIpc) is 1.10. The van der Waals surface area contributed by atoms with Gasteiger partial charge in [0.2, 0.25) is 11.8 Å². The molecule has 0 spiro atoms. The Morgan fingerprint density at radius 3 is 1.32 bits per heavy atom. The standard InChI is InChI=1S/C63H112N4O28S/c1-63-32-96-45(56(63)66-62(79)67-63)14-11-12-15-46(77)64-19-13-9-10-16-47(78)65-57-51(35(24-72)33(22-70)40(87-57)17-20-68)95-61-55(86-8)50(39(28-76)44(91-61)31-82-4)94-60-54(85-7)49(38(27-75)43(90-60)30-81-3)93-59-53(84-6)48(37(26-74)42(89-59)29-80-2)92-58-52(83-5)36(25-73)34(23-71)41(88-58)18-21-69/h33-45,48-61,68-76H,9-32H2,1-8H3,(H,64,77)(H,65,78)(H2,66,67,79)/t33-,34-,35-,36-,37+,38+,39+,40?,41?,42?,43?,44?,45-,48-,49-,50-,51?,52?,53?,54?,55?,56+,57-,58+,59+,60+,61+,63-/m0/s1. The van der Waals surface area contributed by atoms with Crippen molar-refractivity contribution >= 4 is 29.6 Å². The zero-order valence-corrected chi connectivity index (χ0v) is 57.6. The second-order valence-corrected chi connectivity index (χ2v) is 27.3. The van der Waals surface area contributed by atoms with Crippen LogP contribution in [0.3, 0.4) is 0 Å². The van der Waals surface area contributed by atoms with Crippen molar-refractivity contribution in [3.8, 4) is 0 Å². The highest BCUT2D eigenvalue weighted by Gasteiger charge is 2.59. The number of carbonyl (C=O) groups excluding carboxylic acids is 3. The van der Waals surface area contributed by atoms with Crippen molar-refractivity contribution < 1.29 is 136 Å². The number of ether oxygens (including phenoxy) is 16. The maximum absolute atomic E-state index is 13.9. The van der Waals surface area contributed by atoms with Crippen LogP contribution in [0, 0.1) is 41.4 Å². The van der Waals surface area contributed by atoms with Crippen molar-refractivity contribution in [1.82, 2.24) is 21.3 Å². The van der Waals surface area contributed by atoms with Crippen LogP contribution in [0.15, 0.2) is 0 Å². The number of hydrogen-bond donors (Lipinski definition) is 13. The Morgan fingerprint density at radius 1 is 0.479 bits per heavy atom. The number of urea groups is 1. The third-order valence-corrected chi connectivity index (χ3v) is 21.9. The Kier molecular flexibility index (Phi) is 34.0. The zero-order valence-electron chi connectivity index (χ0n) is 56.7. The van der Waals surface area contributed by atoms with E-state index in [2.05, 4.69) is 28.2 Å². The molecule has 33 heteroatoms. The average molecular weight is 1410 g/mol. The molecule has 558 valence electrons. The summed E-state index contributed by atoms with van der Waals surface area (Å²) in [7, 11) is 9.83. The Labute approximate surface area is 566 Å². The van der Waals surface area contributed by atoms with Gasteiger partial charge in [-0.25, -0.2) is 4.79 Å². The predicted molar refractivity (Wildman–Crippen MR) is 337 cm³/mol. The van der Waals surface area contributed by atoms with E-state index in [4.69, 9.17) is 75.8 Å². The topological polar surface area (TPSA) is 429 Å². The summed E-state index contributed by atoms with van der Waals surface area (Å²) in [4.78, 5) is 38.6. The van der Waals surface area contributed by atoms with Crippen LogP contribution in [0.2, 0.25) is 0 Å². The molecule has 0 saturated carbocycles. The smallest absolute Gasteiger partial charge is 0.315 e. The lowest BCUT2D eigenvalue weighted by atomic mass is 9.80. The number of aliphatic hydroxyl groups is 9. The molecule has 32 nitrogen and oxygen atoms in total. The molecule has 0 bridgehead atoms. The molecule has 7 fully saturated rings. The van der Waals surface area contributed by atoms with E-state index in [1.54, 1.807) is 0 Å². The largest absolute Gasteiger partial charge is 0.396 e. The number of fused-ring (bicyclic) bond motifs is 1. The molecular formula is C63H112N4O28S. The molecule has 13 N–H and O–H groups in total. The first kappa shape index (κ1) is 80.9. The van der Waals surface area contributed by atoms with Crippen molar-refractivity contribution in [2.24, 2.45) is 41.4 Å². The maximum Gasteiger partial charge on any atom is 0.315 e. The number of hydrogen-bond acceptors (Lipinski definition) is 29. The minimum absolute atomic E-state index is 0.0430. The molecule has 7 rings (SSSR count). The van der Waals surface area contributed by atoms with Crippen molar-refractivity contribution in [2.45, 2.75) is 199 Å². The van der Waals surface area contributed by atoms with Crippen LogP contribution in [0.4, 0.5) is 4.79 Å². The summed E-state index contributed by atoms with van der Waals surface area (Å²) in [5.74, 6) is -5.50. The lowest BCUT2D eigenvalue weighted by molar-refractivity contribution is -0.391. The van der Waals surface area contributed by atoms with E-state index in [0.29, 0.717) is 37.5 Å². The van der Waals surface area contributed by atoms with Gasteiger partial charge in [-0.1, -0.05) is 12.8 Å². The van der Waals surface area contributed by atoms with Crippen molar-refractivity contribution in [2.75, 3.05) is 141 Å². The zero-order chi connectivity index (χ0) is 69.6. The summed E-state index contributed by atoms with van der Waals surface area (Å²) in [6.07, 6.45) is -16.3. The third kappa shape index (κ3) is 19.6. The maximum atomic E-state index is 13.9. The molecule has 0 aromatic carbocycles. The molecule has 4 amide bonds. The van der Waals surface area contributed by atoms with E-state index in [1.807, 2.05) is 11.8 Å². The van der Waals surface area contributed by atoms with Crippen LogP contribution < -0.4 is 21.3 Å². The second kappa shape index (κ2) is 40.4. The lowest BCUT2D eigenvalue weighted by Crippen LogP contribution is -2.67. The summed E-state index contributed by atoms with van der Waals surface area (Å²) in [6, 6.07) is -0.0687. The fourth-order valence-corrected chi connectivity index (χ4v) is 16.8. The Bertz CT molecular complexity index is 2270. The van der Waals surface area contributed by atoms with Gasteiger partial charge in [0.05, 0.1) is 100 Å². The summed E-state index contributed by atoms with van der Waals surface area (Å²) < 4.78 is 102. The first-order valence-electron chi connectivity index (χ1n) is 33.7. The molecule has 7 aliphatic rings. The first-order valence-corrected chi connectivity index (χ1v) is 34.8. The SMILES string of the molecule is COCC1O[C@H](O[C@@H]2C(OC)[C@@H](O[C@@H]3C(OC)[C@@H](OC4[C@@H](CO)[C@H](CO)C(CCO)O[C@@H]4NC(=O)CCCCCNC(=O)CCCC[C@@H]4SC[C@]5(C)NC(=O)N[C@H]45)OC(COC)[C@H]3CO)OC(COC)[C@H]2CO)C(OC)[C@@H](O[C@H]2OC(CCO)[C@@H](CO)[C@H](CO)C2OC)[C@@H]1CO. The van der Waals surface area contributed by atoms with Crippen molar-refractivity contribution in [3.05, 3.63) is 0 Å². The number of carbonyl (C=O) groups is 3. The van der Waals surface area contributed by atoms with Gasteiger partial charge in [0.15, 0.2) is 31.4 Å². The minimum atomic E-state index is -1.46. The normalized spacial score (nSPS) is 40.2. The molecule has 96 heavy (non-hydrogen) atoms. The van der Waals surface area contributed by atoms with E-state index in [9.17, 15) is 60.3 Å². The van der Waals surface area contributed by atoms with E-state index in [0.717, 1.165) is 25.0 Å². The van der Waals surface area contributed by atoms with Gasteiger partial charge >= 0.3 is 6.03 Å². The van der Waals surface area contributed by atoms with Crippen LogP contribution in [-0.2, 0) is 85.4 Å². The van der Waals surface area contributed by atoms with Gasteiger partial charge in [0.1, 0.15) is 30.5 Å². The monoisotopic (exact) mass is 1400 g/mol. The van der Waals surface area contributed by atoms with Gasteiger partial charge in [-0.05, 0) is 45.4 Å². The second-order valence-electron chi connectivity index (χ2n) is 26.1. The Hall–Kier alpha value is -2.44. The molecule has 0 aromatic rings. The van der Waals surface area contributed by atoms with Crippen LogP contribution in [0.5, 0.6) is 0 Å². The van der Waals surface area contributed by atoms with Gasteiger partial charge in [-0.2, -0.15) is 11.8 Å². The van der Waals surface area contributed by atoms with Gasteiger partial charge in [-0.3, -0.25) is 9.59 Å². The fourth-order valence-electron chi connectivity index (χ4n) is 15.1. The van der Waals surface area contributed by atoms with Crippen LogP contribution in [0.1, 0.15) is 71.1 Å². The summed E-state index contributed by atoms with van der Waals surface area (Å²) in [5, 5.41) is 109. The summed E-state index contributed by atoms with van der Waals surface area (Å²) in [5.41, 5.74) is -0.253. The highest BCUT2D eigenvalue weighted by molar-refractivity contribution is 8.00. The highest BCUT2D eigenvalue weighted by atomic mass is 32.2. The van der Waals surface area contributed by atoms with Crippen LogP contribution in [0.25, 0.3) is 0 Å². The Balaban J connectivity index is 1.08. The molecular weight excluding hydrogens is 1290 g/mol. The molecule has 7 heterocycles. The van der Waals surface area contributed by atoms with Gasteiger partial charge in [-0.15, -0.1) is 0 Å². The first-order chi connectivity index (χ1) is 46.5. The number of methoxy groups -OCH3 is 7. The number of unbranched alkanes of at least 4 members (excludes halogenated alkanes) is 3. The summed E-state index contributed by atoms with van der Waals surface area (Å²) >= 11 is 1.84. The molecule has 28 atom stereocenters. The van der Waals surface area contributed by atoms with E-state index < -0.39 is 198 Å². The molecule has 0 radical (unpaired) electrons. The number of rotatable bonds is 41. The molecule has 7 aliphatic heterocycles. The number of amides is 4. The molecule has 7 saturated heterocycles.